The highest BCUT2D eigenvalue weighted by Crippen LogP contribution is 2.25. The standard InChI is InChI=1S/C16H24N2O2S/c1-11-5-6-12(2)16(13(11)3)20-10-8-15(19)18(4)9-7-14(17)21/h5-6H,7-10H2,1-4H3,(H2,17,21). The molecule has 0 aliphatic rings. The molecule has 0 saturated carbocycles. The third kappa shape index (κ3) is 5.34. The number of rotatable bonds is 7. The Kier molecular flexibility index (Phi) is 6.62. The van der Waals surface area contributed by atoms with Gasteiger partial charge in [0.2, 0.25) is 5.91 Å². The molecule has 0 aliphatic carbocycles. The Morgan fingerprint density at radius 2 is 1.86 bits per heavy atom. The molecule has 0 spiro atoms. The van der Waals surface area contributed by atoms with Crippen LogP contribution < -0.4 is 10.5 Å². The average Bonchev–Trinajstić information content (AvgIpc) is 2.43. The van der Waals surface area contributed by atoms with Gasteiger partial charge in [-0.2, -0.15) is 0 Å². The van der Waals surface area contributed by atoms with Gasteiger partial charge in [0.15, 0.2) is 0 Å². The number of ether oxygens (including phenoxy) is 1. The molecule has 0 bridgehead atoms. The maximum absolute atomic E-state index is 11.9. The van der Waals surface area contributed by atoms with Crippen molar-refractivity contribution in [3.05, 3.63) is 28.8 Å². The molecule has 2 N–H and O–H groups in total. The van der Waals surface area contributed by atoms with Gasteiger partial charge in [-0.15, -0.1) is 0 Å². The molecule has 116 valence electrons. The van der Waals surface area contributed by atoms with Crippen molar-refractivity contribution >= 4 is 23.1 Å². The van der Waals surface area contributed by atoms with E-state index in [9.17, 15) is 4.79 Å². The summed E-state index contributed by atoms with van der Waals surface area (Å²) in [6.07, 6.45) is 0.898. The molecule has 1 aromatic carbocycles. The van der Waals surface area contributed by atoms with E-state index in [2.05, 4.69) is 13.0 Å². The minimum atomic E-state index is 0.0363. The van der Waals surface area contributed by atoms with Gasteiger partial charge in [-0.3, -0.25) is 4.79 Å². The molecule has 0 heterocycles. The van der Waals surface area contributed by atoms with Crippen LogP contribution in [0, 0.1) is 20.8 Å². The Balaban J connectivity index is 2.48. The molecule has 0 aliphatic heterocycles. The monoisotopic (exact) mass is 308 g/mol. The van der Waals surface area contributed by atoms with Crippen molar-refractivity contribution in [2.24, 2.45) is 5.73 Å². The molecule has 4 nitrogen and oxygen atoms in total. The number of carbonyl (C=O) groups is 1. The Hall–Kier alpha value is -1.62. The van der Waals surface area contributed by atoms with Gasteiger partial charge in [-0.05, 0) is 37.5 Å². The molecule has 5 heteroatoms. The van der Waals surface area contributed by atoms with Gasteiger partial charge in [-0.1, -0.05) is 24.4 Å². The number of amides is 1. The summed E-state index contributed by atoms with van der Waals surface area (Å²) in [5, 5.41) is 0. The molecular formula is C16H24N2O2S. The Morgan fingerprint density at radius 1 is 1.24 bits per heavy atom. The van der Waals surface area contributed by atoms with Gasteiger partial charge in [0.1, 0.15) is 5.75 Å². The van der Waals surface area contributed by atoms with Crippen LogP contribution in [0.5, 0.6) is 5.75 Å². The first kappa shape index (κ1) is 17.4. The van der Waals surface area contributed by atoms with E-state index in [1.54, 1.807) is 11.9 Å². The zero-order valence-corrected chi connectivity index (χ0v) is 14.0. The van der Waals surface area contributed by atoms with Crippen LogP contribution in [0.1, 0.15) is 29.5 Å². The number of benzene rings is 1. The van der Waals surface area contributed by atoms with Crippen molar-refractivity contribution in [3.63, 3.8) is 0 Å². The predicted molar refractivity (Wildman–Crippen MR) is 89.8 cm³/mol. The average molecular weight is 308 g/mol. The smallest absolute Gasteiger partial charge is 0.225 e. The van der Waals surface area contributed by atoms with E-state index in [0.29, 0.717) is 31.0 Å². The second-order valence-electron chi connectivity index (χ2n) is 5.28. The van der Waals surface area contributed by atoms with Gasteiger partial charge in [-0.25, -0.2) is 0 Å². The minimum Gasteiger partial charge on any atom is -0.492 e. The van der Waals surface area contributed by atoms with Crippen molar-refractivity contribution < 1.29 is 9.53 Å². The summed E-state index contributed by atoms with van der Waals surface area (Å²) >= 11 is 4.81. The van der Waals surface area contributed by atoms with E-state index in [1.807, 2.05) is 19.9 Å². The lowest BCUT2D eigenvalue weighted by molar-refractivity contribution is -0.130. The maximum atomic E-state index is 11.9. The first-order valence-corrected chi connectivity index (χ1v) is 7.45. The van der Waals surface area contributed by atoms with Crippen LogP contribution in [0.3, 0.4) is 0 Å². The third-order valence-electron chi connectivity index (χ3n) is 3.56. The van der Waals surface area contributed by atoms with E-state index in [0.717, 1.165) is 16.9 Å². The van der Waals surface area contributed by atoms with Crippen LogP contribution >= 0.6 is 12.2 Å². The number of aryl methyl sites for hydroxylation is 2. The van der Waals surface area contributed by atoms with Gasteiger partial charge in [0, 0.05) is 20.0 Å². The lowest BCUT2D eigenvalue weighted by atomic mass is 10.1. The van der Waals surface area contributed by atoms with E-state index in [-0.39, 0.29) is 5.91 Å². The molecular weight excluding hydrogens is 284 g/mol. The first-order chi connectivity index (χ1) is 9.82. The fourth-order valence-corrected chi connectivity index (χ4v) is 2.07. The Morgan fingerprint density at radius 3 is 2.48 bits per heavy atom. The second-order valence-corrected chi connectivity index (χ2v) is 5.81. The topological polar surface area (TPSA) is 55.6 Å². The third-order valence-corrected chi connectivity index (χ3v) is 3.76. The second kappa shape index (κ2) is 7.98. The SMILES string of the molecule is Cc1ccc(C)c(OCCC(=O)N(C)CCC(N)=S)c1C. The number of hydrogen-bond donors (Lipinski definition) is 1. The van der Waals surface area contributed by atoms with Crippen molar-refractivity contribution in [2.45, 2.75) is 33.6 Å². The summed E-state index contributed by atoms with van der Waals surface area (Å²) in [6.45, 7) is 7.03. The highest BCUT2D eigenvalue weighted by molar-refractivity contribution is 7.80. The van der Waals surface area contributed by atoms with Crippen molar-refractivity contribution in [1.82, 2.24) is 4.90 Å². The zero-order chi connectivity index (χ0) is 16.0. The van der Waals surface area contributed by atoms with Gasteiger partial charge >= 0.3 is 0 Å². The van der Waals surface area contributed by atoms with Gasteiger partial charge in [0.25, 0.3) is 0 Å². The van der Waals surface area contributed by atoms with E-state index >= 15 is 0 Å². The molecule has 1 aromatic rings. The summed E-state index contributed by atoms with van der Waals surface area (Å²) in [7, 11) is 1.75. The highest BCUT2D eigenvalue weighted by Gasteiger charge is 2.11. The number of thiocarbonyl (C=S) groups is 1. The van der Waals surface area contributed by atoms with Crippen molar-refractivity contribution in [3.8, 4) is 5.75 Å². The fourth-order valence-electron chi connectivity index (χ4n) is 1.98. The largest absolute Gasteiger partial charge is 0.492 e. The van der Waals surface area contributed by atoms with Crippen molar-refractivity contribution in [2.75, 3.05) is 20.2 Å². The lowest BCUT2D eigenvalue weighted by Crippen LogP contribution is -2.31. The molecule has 0 aromatic heterocycles. The zero-order valence-electron chi connectivity index (χ0n) is 13.2. The first-order valence-electron chi connectivity index (χ1n) is 7.04. The molecule has 0 unspecified atom stereocenters. The van der Waals surface area contributed by atoms with E-state index < -0.39 is 0 Å². The minimum absolute atomic E-state index is 0.0363. The molecule has 21 heavy (non-hydrogen) atoms. The van der Waals surface area contributed by atoms with E-state index in [1.165, 1.54) is 5.56 Å². The summed E-state index contributed by atoms with van der Waals surface area (Å²) in [4.78, 5) is 14.0. The molecule has 1 amide bonds. The van der Waals surface area contributed by atoms with Crippen molar-refractivity contribution in [1.29, 1.82) is 0 Å². The summed E-state index contributed by atoms with van der Waals surface area (Å²) < 4.78 is 5.80. The Bertz CT molecular complexity index is 529. The van der Waals surface area contributed by atoms with Crippen LogP contribution in [0.2, 0.25) is 0 Å². The summed E-state index contributed by atoms with van der Waals surface area (Å²) in [6, 6.07) is 4.11. The van der Waals surface area contributed by atoms with Crippen LogP contribution in [-0.4, -0.2) is 36.0 Å². The Labute approximate surface area is 132 Å². The molecule has 0 atom stereocenters. The molecule has 1 rings (SSSR count). The summed E-state index contributed by atoms with van der Waals surface area (Å²) in [5.74, 6) is 0.919. The fraction of sp³-hybridized carbons (Fsp3) is 0.500. The molecule has 0 radical (unpaired) electrons. The molecule has 0 fully saturated rings. The van der Waals surface area contributed by atoms with Crippen LogP contribution in [-0.2, 0) is 4.79 Å². The van der Waals surface area contributed by atoms with Crippen LogP contribution in [0.15, 0.2) is 12.1 Å². The normalized spacial score (nSPS) is 10.3. The quantitative estimate of drug-likeness (QED) is 0.786. The van der Waals surface area contributed by atoms with E-state index in [4.69, 9.17) is 22.7 Å². The maximum Gasteiger partial charge on any atom is 0.225 e. The number of nitrogens with zero attached hydrogens (tertiary/aromatic N) is 1. The van der Waals surface area contributed by atoms with Crippen LogP contribution in [0.25, 0.3) is 0 Å². The number of nitrogens with two attached hydrogens (primary N) is 1. The number of hydrogen-bond acceptors (Lipinski definition) is 3. The van der Waals surface area contributed by atoms with Gasteiger partial charge < -0.3 is 15.4 Å². The van der Waals surface area contributed by atoms with Crippen LogP contribution in [0.4, 0.5) is 0 Å². The molecule has 0 saturated heterocycles. The predicted octanol–water partition coefficient (Wildman–Crippen LogP) is 2.52. The lowest BCUT2D eigenvalue weighted by Gasteiger charge is -2.18. The van der Waals surface area contributed by atoms with Gasteiger partial charge in [0.05, 0.1) is 18.0 Å². The summed E-state index contributed by atoms with van der Waals surface area (Å²) in [5.41, 5.74) is 8.84. The number of carbonyl (C=O) groups excluding carboxylic acids is 1. The highest BCUT2D eigenvalue weighted by atomic mass is 32.1.